The summed E-state index contributed by atoms with van der Waals surface area (Å²) in [6, 6.07) is 7.76. The van der Waals surface area contributed by atoms with E-state index in [-0.39, 0.29) is 5.91 Å². The molecule has 0 radical (unpaired) electrons. The molecule has 1 amide bonds. The van der Waals surface area contributed by atoms with Crippen molar-refractivity contribution in [1.82, 2.24) is 5.32 Å². The third-order valence-electron chi connectivity index (χ3n) is 3.73. The van der Waals surface area contributed by atoms with Crippen LogP contribution < -0.4 is 16.0 Å². The fraction of sp³-hybridized carbons (Fsp3) is 0.562. The number of nitrogens with zero attached hydrogens (tertiary/aromatic N) is 1. The fourth-order valence-corrected chi connectivity index (χ4v) is 2.53. The number of anilines is 1. The zero-order chi connectivity index (χ0) is 15.1. The minimum absolute atomic E-state index is 0.0753. The summed E-state index contributed by atoms with van der Waals surface area (Å²) in [5.41, 5.74) is 8.13. The molecule has 1 unspecified atom stereocenters. The van der Waals surface area contributed by atoms with Gasteiger partial charge in [0.1, 0.15) is 0 Å². The predicted octanol–water partition coefficient (Wildman–Crippen LogP) is 1.27. The molecule has 2 rings (SSSR count). The Morgan fingerprint density at radius 1 is 1.38 bits per heavy atom. The minimum atomic E-state index is -0.412. The van der Waals surface area contributed by atoms with Gasteiger partial charge >= 0.3 is 0 Å². The second-order valence-electron chi connectivity index (χ2n) is 5.34. The molecule has 1 aliphatic rings. The largest absolute Gasteiger partial charge is 0.378 e. The van der Waals surface area contributed by atoms with Crippen LogP contribution in [0.4, 0.5) is 5.69 Å². The summed E-state index contributed by atoms with van der Waals surface area (Å²) in [6.45, 7) is 5.83. The Hall–Kier alpha value is -1.59. The van der Waals surface area contributed by atoms with Crippen molar-refractivity contribution >= 4 is 11.6 Å². The maximum absolute atomic E-state index is 11.9. The van der Waals surface area contributed by atoms with Crippen molar-refractivity contribution in [3.63, 3.8) is 0 Å². The number of benzene rings is 1. The van der Waals surface area contributed by atoms with Gasteiger partial charge < -0.3 is 20.7 Å². The summed E-state index contributed by atoms with van der Waals surface area (Å²) in [5.74, 6) is -0.0753. The van der Waals surface area contributed by atoms with Gasteiger partial charge in [0.05, 0.1) is 19.3 Å². The summed E-state index contributed by atoms with van der Waals surface area (Å²) >= 11 is 0. The Balaban J connectivity index is 1.98. The zero-order valence-corrected chi connectivity index (χ0v) is 12.7. The number of para-hydroxylation sites is 1. The zero-order valence-electron chi connectivity index (χ0n) is 12.7. The molecule has 1 atom stereocenters. The van der Waals surface area contributed by atoms with E-state index in [4.69, 9.17) is 10.5 Å². The highest BCUT2D eigenvalue weighted by atomic mass is 16.5. The van der Waals surface area contributed by atoms with Crippen LogP contribution >= 0.6 is 0 Å². The number of ether oxygens (including phenoxy) is 1. The molecule has 3 N–H and O–H groups in total. The molecule has 0 spiro atoms. The Morgan fingerprint density at radius 2 is 2.10 bits per heavy atom. The topological polar surface area (TPSA) is 67.6 Å². The summed E-state index contributed by atoms with van der Waals surface area (Å²) in [4.78, 5) is 14.2. The molecular formula is C16H25N3O2. The number of carbonyl (C=O) groups excluding carboxylic acids is 1. The van der Waals surface area contributed by atoms with E-state index in [1.165, 1.54) is 5.69 Å². The first-order valence-electron chi connectivity index (χ1n) is 7.66. The number of rotatable bonds is 6. The molecule has 1 saturated heterocycles. The van der Waals surface area contributed by atoms with E-state index in [9.17, 15) is 4.79 Å². The van der Waals surface area contributed by atoms with E-state index >= 15 is 0 Å². The van der Waals surface area contributed by atoms with E-state index in [0.29, 0.717) is 6.54 Å². The highest BCUT2D eigenvalue weighted by molar-refractivity contribution is 5.81. The van der Waals surface area contributed by atoms with Crippen LogP contribution in [0.3, 0.4) is 0 Å². The standard InChI is InChI=1S/C16H25N3O2/c1-2-5-14(17)16(20)18-12-13-6-3-4-7-15(13)19-8-10-21-11-9-19/h3-4,6-7,14H,2,5,8-12,17H2,1H3,(H,18,20). The molecule has 0 bridgehead atoms. The maximum Gasteiger partial charge on any atom is 0.237 e. The molecule has 1 heterocycles. The third-order valence-corrected chi connectivity index (χ3v) is 3.73. The van der Waals surface area contributed by atoms with Crippen molar-refractivity contribution in [2.75, 3.05) is 31.2 Å². The smallest absolute Gasteiger partial charge is 0.237 e. The Kier molecular flexibility index (Phi) is 6.02. The van der Waals surface area contributed by atoms with Gasteiger partial charge in [-0.3, -0.25) is 4.79 Å². The monoisotopic (exact) mass is 291 g/mol. The van der Waals surface area contributed by atoms with Crippen molar-refractivity contribution in [1.29, 1.82) is 0 Å². The molecule has 21 heavy (non-hydrogen) atoms. The van der Waals surface area contributed by atoms with E-state index < -0.39 is 6.04 Å². The highest BCUT2D eigenvalue weighted by Crippen LogP contribution is 2.21. The Morgan fingerprint density at radius 3 is 2.81 bits per heavy atom. The van der Waals surface area contributed by atoms with Gasteiger partial charge in [-0.25, -0.2) is 0 Å². The van der Waals surface area contributed by atoms with Crippen molar-refractivity contribution in [2.24, 2.45) is 5.73 Å². The average molecular weight is 291 g/mol. The number of hydrogen-bond acceptors (Lipinski definition) is 4. The molecule has 0 aromatic heterocycles. The van der Waals surface area contributed by atoms with E-state index in [2.05, 4.69) is 22.3 Å². The molecular weight excluding hydrogens is 266 g/mol. The molecule has 5 heteroatoms. The minimum Gasteiger partial charge on any atom is -0.378 e. The molecule has 5 nitrogen and oxygen atoms in total. The first-order chi connectivity index (χ1) is 10.2. The number of amides is 1. The second kappa shape index (κ2) is 8.00. The molecule has 1 aromatic rings. The van der Waals surface area contributed by atoms with Crippen molar-refractivity contribution in [3.05, 3.63) is 29.8 Å². The quantitative estimate of drug-likeness (QED) is 0.828. The van der Waals surface area contributed by atoms with E-state index in [0.717, 1.165) is 44.7 Å². The fourth-order valence-electron chi connectivity index (χ4n) is 2.53. The first kappa shape index (κ1) is 15.8. The second-order valence-corrected chi connectivity index (χ2v) is 5.34. The van der Waals surface area contributed by atoms with Crippen LogP contribution in [0, 0.1) is 0 Å². The predicted molar refractivity (Wildman–Crippen MR) is 84.2 cm³/mol. The number of hydrogen-bond donors (Lipinski definition) is 2. The number of nitrogens with two attached hydrogens (primary N) is 1. The van der Waals surface area contributed by atoms with Crippen LogP contribution in [0.25, 0.3) is 0 Å². The van der Waals surface area contributed by atoms with Crippen LogP contribution in [-0.4, -0.2) is 38.3 Å². The first-order valence-corrected chi connectivity index (χ1v) is 7.66. The van der Waals surface area contributed by atoms with Gasteiger partial charge in [-0.05, 0) is 18.1 Å². The van der Waals surface area contributed by atoms with Gasteiger partial charge in [0, 0.05) is 25.3 Å². The number of morpholine rings is 1. The van der Waals surface area contributed by atoms with Crippen LogP contribution in [-0.2, 0) is 16.1 Å². The van der Waals surface area contributed by atoms with Crippen molar-refractivity contribution in [3.8, 4) is 0 Å². The number of carbonyl (C=O) groups is 1. The summed E-state index contributed by atoms with van der Waals surface area (Å²) in [7, 11) is 0. The molecule has 1 aromatic carbocycles. The van der Waals surface area contributed by atoms with Gasteiger partial charge in [0.2, 0.25) is 5.91 Å². The lowest BCUT2D eigenvalue weighted by Crippen LogP contribution is -2.41. The van der Waals surface area contributed by atoms with Gasteiger partial charge in [-0.1, -0.05) is 31.5 Å². The molecule has 0 saturated carbocycles. The molecule has 1 aliphatic heterocycles. The lowest BCUT2D eigenvalue weighted by molar-refractivity contribution is -0.122. The molecule has 1 fully saturated rings. The summed E-state index contributed by atoms with van der Waals surface area (Å²) < 4.78 is 5.39. The van der Waals surface area contributed by atoms with Crippen molar-refractivity contribution < 1.29 is 9.53 Å². The highest BCUT2D eigenvalue weighted by Gasteiger charge is 2.16. The lowest BCUT2D eigenvalue weighted by atomic mass is 10.1. The van der Waals surface area contributed by atoms with Gasteiger partial charge in [-0.15, -0.1) is 0 Å². The third kappa shape index (κ3) is 4.44. The lowest BCUT2D eigenvalue weighted by Gasteiger charge is -2.30. The van der Waals surface area contributed by atoms with Crippen molar-refractivity contribution in [2.45, 2.75) is 32.4 Å². The van der Waals surface area contributed by atoms with Gasteiger partial charge in [-0.2, -0.15) is 0 Å². The maximum atomic E-state index is 11.9. The molecule has 0 aliphatic carbocycles. The summed E-state index contributed by atoms with van der Waals surface area (Å²) in [5, 5.41) is 2.94. The SMILES string of the molecule is CCCC(N)C(=O)NCc1ccccc1N1CCOCC1. The van der Waals surface area contributed by atoms with E-state index in [1.807, 2.05) is 19.1 Å². The average Bonchev–Trinajstić information content (AvgIpc) is 2.54. The molecule has 116 valence electrons. The van der Waals surface area contributed by atoms with Gasteiger partial charge in [0.25, 0.3) is 0 Å². The normalized spacial score (nSPS) is 16.6. The van der Waals surface area contributed by atoms with Crippen LogP contribution in [0.2, 0.25) is 0 Å². The van der Waals surface area contributed by atoms with Crippen LogP contribution in [0.1, 0.15) is 25.3 Å². The van der Waals surface area contributed by atoms with Crippen LogP contribution in [0.5, 0.6) is 0 Å². The van der Waals surface area contributed by atoms with E-state index in [1.54, 1.807) is 0 Å². The Bertz CT molecular complexity index is 459. The summed E-state index contributed by atoms with van der Waals surface area (Å²) in [6.07, 6.45) is 1.63. The number of nitrogens with one attached hydrogen (secondary N) is 1. The van der Waals surface area contributed by atoms with Crippen LogP contribution in [0.15, 0.2) is 24.3 Å². The van der Waals surface area contributed by atoms with Gasteiger partial charge in [0.15, 0.2) is 0 Å². The Labute approximate surface area is 126 Å².